The van der Waals surface area contributed by atoms with Crippen molar-refractivity contribution in [2.75, 3.05) is 5.75 Å². The van der Waals surface area contributed by atoms with Crippen LogP contribution in [0.5, 0.6) is 0 Å². The maximum atomic E-state index is 12.2. The highest BCUT2D eigenvalue weighted by molar-refractivity contribution is 14.1. The largest absolute Gasteiger partial charge is 0.248 e. The molecule has 0 heterocycles. The second-order valence-electron chi connectivity index (χ2n) is 2.48. The van der Waals surface area contributed by atoms with Crippen molar-refractivity contribution in [3.8, 4) is 0 Å². The average molecular weight is 280 g/mol. The smallest absolute Gasteiger partial charge is 0.247 e. The van der Waals surface area contributed by atoms with Crippen LogP contribution in [0.4, 0.5) is 8.78 Å². The fourth-order valence-corrected chi connectivity index (χ4v) is 1.94. The van der Waals surface area contributed by atoms with E-state index in [0.717, 1.165) is 0 Å². The molecule has 1 saturated carbocycles. The molecule has 0 aromatic carbocycles. The molecule has 0 N–H and O–H groups in total. The van der Waals surface area contributed by atoms with Crippen molar-refractivity contribution < 1.29 is 11.3 Å². The summed E-state index contributed by atoms with van der Waals surface area (Å²) in [6, 6.07) is 0. The molecule has 0 unspecified atom stereocenters. The quantitative estimate of drug-likeness (QED) is 0.580. The highest BCUT2D eigenvalue weighted by Crippen LogP contribution is 2.43. The Labute approximate surface area is 76.8 Å². The SMILES string of the molecule is FC1(F)CC(CSOI)C1. The summed E-state index contributed by atoms with van der Waals surface area (Å²) in [5.74, 6) is -1.52. The predicted molar refractivity (Wildman–Crippen MR) is 45.2 cm³/mol. The van der Waals surface area contributed by atoms with Crippen LogP contribution in [0.15, 0.2) is 0 Å². The van der Waals surface area contributed by atoms with Crippen LogP contribution in [-0.2, 0) is 2.51 Å². The van der Waals surface area contributed by atoms with Crippen LogP contribution < -0.4 is 0 Å². The fraction of sp³-hybridized carbons (Fsp3) is 1.00. The molecule has 0 saturated heterocycles. The Hall–Kier alpha value is 0.900. The summed E-state index contributed by atoms with van der Waals surface area (Å²) >= 11 is 2.99. The predicted octanol–water partition coefficient (Wildman–Crippen LogP) is 3.05. The molecule has 1 fully saturated rings. The highest BCUT2D eigenvalue weighted by atomic mass is 127. The van der Waals surface area contributed by atoms with Gasteiger partial charge in [-0.3, -0.25) is 0 Å². The first-order valence-corrected chi connectivity index (χ1v) is 4.71. The molecule has 5 heteroatoms. The topological polar surface area (TPSA) is 9.23 Å². The normalized spacial score (nSPS) is 24.3. The van der Waals surface area contributed by atoms with Crippen LogP contribution in [0.3, 0.4) is 0 Å². The van der Waals surface area contributed by atoms with E-state index >= 15 is 0 Å². The van der Waals surface area contributed by atoms with Crippen LogP contribution in [0.2, 0.25) is 0 Å². The Morgan fingerprint density at radius 1 is 1.60 bits per heavy atom. The molecule has 0 aromatic rings. The summed E-state index contributed by atoms with van der Waals surface area (Å²) in [7, 11) is 0. The van der Waals surface area contributed by atoms with Gasteiger partial charge in [0.1, 0.15) is 23.0 Å². The molecular formula is C5H7F2IOS. The summed E-state index contributed by atoms with van der Waals surface area (Å²) in [4.78, 5) is 0. The lowest BCUT2D eigenvalue weighted by Gasteiger charge is -2.34. The fourth-order valence-electron chi connectivity index (χ4n) is 1.02. The molecule has 1 aliphatic carbocycles. The van der Waals surface area contributed by atoms with Gasteiger partial charge in [0.15, 0.2) is 0 Å². The van der Waals surface area contributed by atoms with Crippen LogP contribution in [0, 0.1) is 5.92 Å². The maximum Gasteiger partial charge on any atom is 0.248 e. The lowest BCUT2D eigenvalue weighted by Crippen LogP contribution is -2.36. The van der Waals surface area contributed by atoms with E-state index in [1.165, 1.54) is 12.0 Å². The molecule has 1 rings (SSSR count). The van der Waals surface area contributed by atoms with Crippen molar-refractivity contribution in [1.29, 1.82) is 0 Å². The molecule has 0 bridgehead atoms. The molecule has 0 atom stereocenters. The van der Waals surface area contributed by atoms with Crippen molar-refractivity contribution in [3.63, 3.8) is 0 Å². The zero-order valence-electron chi connectivity index (χ0n) is 5.15. The minimum atomic E-state index is -2.38. The third kappa shape index (κ3) is 2.50. The van der Waals surface area contributed by atoms with E-state index in [2.05, 4.69) is 2.51 Å². The molecule has 0 amide bonds. The van der Waals surface area contributed by atoms with E-state index in [4.69, 9.17) is 0 Å². The Kier molecular flexibility index (Phi) is 3.18. The summed E-state index contributed by atoms with van der Waals surface area (Å²) in [5.41, 5.74) is 0. The Morgan fingerprint density at radius 3 is 2.60 bits per heavy atom. The molecule has 1 aliphatic rings. The van der Waals surface area contributed by atoms with Gasteiger partial charge in [0.25, 0.3) is 0 Å². The van der Waals surface area contributed by atoms with Gasteiger partial charge in [0, 0.05) is 30.6 Å². The zero-order chi connectivity index (χ0) is 7.61. The minimum Gasteiger partial charge on any atom is -0.247 e. The maximum absolute atomic E-state index is 12.2. The van der Waals surface area contributed by atoms with Gasteiger partial charge >= 0.3 is 0 Å². The Bertz CT molecular complexity index is 114. The van der Waals surface area contributed by atoms with Gasteiger partial charge in [-0.1, -0.05) is 0 Å². The number of hydrogen-bond acceptors (Lipinski definition) is 2. The average Bonchev–Trinajstić information content (AvgIpc) is 1.78. The summed E-state index contributed by atoms with van der Waals surface area (Å²) in [6.07, 6.45) is 0.0833. The lowest BCUT2D eigenvalue weighted by atomic mass is 9.83. The summed E-state index contributed by atoms with van der Waals surface area (Å²) in [5, 5.41) is 0. The molecule has 0 aliphatic heterocycles. The van der Waals surface area contributed by atoms with E-state index in [9.17, 15) is 8.78 Å². The highest BCUT2D eigenvalue weighted by Gasteiger charge is 2.44. The van der Waals surface area contributed by atoms with Crippen LogP contribution >= 0.6 is 35.0 Å². The molecule has 10 heavy (non-hydrogen) atoms. The Balaban J connectivity index is 2.03. The van der Waals surface area contributed by atoms with Crippen LogP contribution in [0.25, 0.3) is 0 Å². The number of hydrogen-bond donors (Lipinski definition) is 0. The van der Waals surface area contributed by atoms with Crippen molar-refractivity contribution in [1.82, 2.24) is 0 Å². The van der Waals surface area contributed by atoms with Gasteiger partial charge in [-0.15, -0.1) is 0 Å². The monoisotopic (exact) mass is 280 g/mol. The van der Waals surface area contributed by atoms with E-state index in [1.54, 1.807) is 23.0 Å². The van der Waals surface area contributed by atoms with E-state index in [-0.39, 0.29) is 18.8 Å². The molecule has 0 aromatic heterocycles. The first-order chi connectivity index (χ1) is 4.64. The van der Waals surface area contributed by atoms with Gasteiger partial charge in [-0.05, 0) is 5.92 Å². The number of alkyl halides is 2. The van der Waals surface area contributed by atoms with E-state index in [0.29, 0.717) is 5.75 Å². The first-order valence-electron chi connectivity index (χ1n) is 2.92. The third-order valence-electron chi connectivity index (χ3n) is 1.52. The van der Waals surface area contributed by atoms with Crippen molar-refractivity contribution >= 4 is 35.0 Å². The van der Waals surface area contributed by atoms with Crippen LogP contribution in [-0.4, -0.2) is 11.7 Å². The summed E-state index contributed by atoms with van der Waals surface area (Å²) in [6.45, 7) is 0. The lowest BCUT2D eigenvalue weighted by molar-refractivity contribution is -0.103. The second kappa shape index (κ2) is 3.53. The van der Waals surface area contributed by atoms with Gasteiger partial charge in [-0.25, -0.2) is 11.3 Å². The minimum absolute atomic E-state index is 0.0417. The van der Waals surface area contributed by atoms with Gasteiger partial charge in [-0.2, -0.15) is 0 Å². The molecule has 0 radical (unpaired) electrons. The standard InChI is InChI=1S/C5H7F2IOS/c6-5(7)1-4(2-5)3-10-9-8/h4H,1-3H2. The molecule has 1 nitrogen and oxygen atoms in total. The van der Waals surface area contributed by atoms with Crippen molar-refractivity contribution in [2.45, 2.75) is 18.8 Å². The summed E-state index contributed by atoms with van der Waals surface area (Å²) < 4.78 is 29.0. The van der Waals surface area contributed by atoms with E-state index < -0.39 is 5.92 Å². The van der Waals surface area contributed by atoms with Gasteiger partial charge in [0.05, 0.1) is 0 Å². The molecular weight excluding hydrogens is 273 g/mol. The van der Waals surface area contributed by atoms with Gasteiger partial charge < -0.3 is 0 Å². The van der Waals surface area contributed by atoms with Crippen molar-refractivity contribution in [3.05, 3.63) is 0 Å². The first kappa shape index (κ1) is 8.99. The van der Waals surface area contributed by atoms with E-state index in [1.807, 2.05) is 0 Å². The van der Waals surface area contributed by atoms with Crippen molar-refractivity contribution in [2.24, 2.45) is 5.92 Å². The zero-order valence-corrected chi connectivity index (χ0v) is 8.12. The molecule has 0 spiro atoms. The van der Waals surface area contributed by atoms with Gasteiger partial charge in [0.2, 0.25) is 5.92 Å². The second-order valence-corrected chi connectivity index (χ2v) is 4.25. The third-order valence-corrected chi connectivity index (χ3v) is 2.98. The number of rotatable bonds is 3. The van der Waals surface area contributed by atoms with Crippen LogP contribution in [0.1, 0.15) is 12.8 Å². The molecule has 60 valence electrons. The number of halogens is 3. The Morgan fingerprint density at radius 2 is 2.20 bits per heavy atom.